The lowest BCUT2D eigenvalue weighted by Gasteiger charge is -2.46. The van der Waals surface area contributed by atoms with Crippen LogP contribution in [0.15, 0.2) is 9.98 Å². The van der Waals surface area contributed by atoms with Gasteiger partial charge in [-0.2, -0.15) is 0 Å². The highest BCUT2D eigenvalue weighted by Gasteiger charge is 2.40. The van der Waals surface area contributed by atoms with Gasteiger partial charge in [-0.3, -0.25) is 0 Å². The molecule has 0 saturated heterocycles. The molecule has 0 unspecified atom stereocenters. The first-order valence-electron chi connectivity index (χ1n) is 8.22. The van der Waals surface area contributed by atoms with E-state index in [1.165, 1.54) is 0 Å². The number of hydrogen-bond acceptors (Lipinski definition) is 4. The number of carbonyl (C=O) groups excluding carboxylic acids is 2. The predicted octanol–water partition coefficient (Wildman–Crippen LogP) is 3.80. The van der Waals surface area contributed by atoms with Crippen molar-refractivity contribution in [3.8, 4) is 0 Å². The molecule has 0 atom stereocenters. The molecule has 0 heterocycles. The lowest BCUT2D eigenvalue weighted by atomic mass is 9.60. The Morgan fingerprint density at radius 1 is 0.714 bits per heavy atom. The summed E-state index contributed by atoms with van der Waals surface area (Å²) in [6.07, 6.45) is 12.1. The molecule has 21 heavy (non-hydrogen) atoms. The highest BCUT2D eigenvalue weighted by Crippen LogP contribution is 2.48. The lowest BCUT2D eigenvalue weighted by molar-refractivity contribution is 0.0526. The van der Waals surface area contributed by atoms with Crippen LogP contribution in [0, 0.1) is 17.3 Å². The fraction of sp³-hybridized carbons (Fsp3) is 0.882. The van der Waals surface area contributed by atoms with Crippen molar-refractivity contribution in [3.63, 3.8) is 0 Å². The Morgan fingerprint density at radius 3 is 1.33 bits per heavy atom. The molecule has 2 rings (SSSR count). The van der Waals surface area contributed by atoms with Crippen molar-refractivity contribution < 1.29 is 9.59 Å². The topological polar surface area (TPSA) is 58.9 Å². The zero-order valence-corrected chi connectivity index (χ0v) is 13.2. The molecule has 4 heteroatoms. The van der Waals surface area contributed by atoms with Gasteiger partial charge in [-0.25, -0.2) is 19.6 Å². The summed E-state index contributed by atoms with van der Waals surface area (Å²) in [5, 5.41) is 0. The number of rotatable bonds is 4. The molecule has 2 aliphatic rings. The van der Waals surface area contributed by atoms with Crippen molar-refractivity contribution in [1.82, 2.24) is 0 Å². The molecule has 0 aromatic carbocycles. The zero-order chi connectivity index (χ0) is 15.3. The Kier molecular flexibility index (Phi) is 5.50. The molecule has 4 nitrogen and oxygen atoms in total. The van der Waals surface area contributed by atoms with E-state index in [9.17, 15) is 9.59 Å². The van der Waals surface area contributed by atoms with Crippen LogP contribution in [0.1, 0.15) is 65.2 Å². The Bertz CT molecular complexity index is 392. The molecule has 0 aliphatic heterocycles. The third kappa shape index (κ3) is 3.90. The van der Waals surface area contributed by atoms with Gasteiger partial charge in [-0.15, -0.1) is 0 Å². The van der Waals surface area contributed by atoms with E-state index in [4.69, 9.17) is 0 Å². The summed E-state index contributed by atoms with van der Waals surface area (Å²) in [4.78, 5) is 28.5. The van der Waals surface area contributed by atoms with Gasteiger partial charge in [0, 0.05) is 0 Å². The molecular formula is C17H26N2O2. The van der Waals surface area contributed by atoms with Crippen LogP contribution in [0.3, 0.4) is 0 Å². The van der Waals surface area contributed by atoms with Crippen molar-refractivity contribution in [2.75, 3.05) is 0 Å². The molecule has 0 aromatic heterocycles. The molecule has 2 aliphatic carbocycles. The van der Waals surface area contributed by atoms with Crippen molar-refractivity contribution in [2.45, 2.75) is 77.3 Å². The van der Waals surface area contributed by atoms with E-state index in [-0.39, 0.29) is 12.1 Å². The molecule has 2 fully saturated rings. The number of hydrogen-bond donors (Lipinski definition) is 0. The molecular weight excluding hydrogens is 264 g/mol. The van der Waals surface area contributed by atoms with E-state index in [2.05, 4.69) is 23.8 Å². The van der Waals surface area contributed by atoms with Crippen LogP contribution in [0.2, 0.25) is 0 Å². The monoisotopic (exact) mass is 290 g/mol. The first-order valence-corrected chi connectivity index (χ1v) is 8.22. The minimum absolute atomic E-state index is 0.201. The maximum Gasteiger partial charge on any atom is 0.235 e. The van der Waals surface area contributed by atoms with Gasteiger partial charge in [0.05, 0.1) is 12.1 Å². The molecule has 0 radical (unpaired) electrons. The van der Waals surface area contributed by atoms with Gasteiger partial charge in [0.2, 0.25) is 12.2 Å². The average Bonchev–Trinajstić information content (AvgIpc) is 2.49. The molecule has 0 amide bonds. The first kappa shape index (κ1) is 16.1. The van der Waals surface area contributed by atoms with Crippen LogP contribution >= 0.6 is 0 Å². The maximum absolute atomic E-state index is 10.4. The van der Waals surface area contributed by atoms with Crippen LogP contribution in [0.4, 0.5) is 0 Å². The predicted molar refractivity (Wildman–Crippen MR) is 81.5 cm³/mol. The summed E-state index contributed by atoms with van der Waals surface area (Å²) in [5.41, 5.74) is 0.325. The van der Waals surface area contributed by atoms with Gasteiger partial charge in [0.15, 0.2) is 0 Å². The van der Waals surface area contributed by atoms with Crippen molar-refractivity contribution in [1.29, 1.82) is 0 Å². The molecule has 0 N–H and O–H groups in total. The highest BCUT2D eigenvalue weighted by atomic mass is 16.1. The van der Waals surface area contributed by atoms with Crippen LogP contribution in [-0.2, 0) is 9.59 Å². The highest BCUT2D eigenvalue weighted by molar-refractivity contribution is 5.33. The van der Waals surface area contributed by atoms with Gasteiger partial charge in [-0.05, 0) is 68.6 Å². The van der Waals surface area contributed by atoms with Crippen LogP contribution in [0.5, 0.6) is 0 Å². The summed E-state index contributed by atoms with van der Waals surface area (Å²) in [5.74, 6) is 1.43. The van der Waals surface area contributed by atoms with E-state index < -0.39 is 0 Å². The third-order valence-corrected chi connectivity index (χ3v) is 5.97. The minimum Gasteiger partial charge on any atom is -0.211 e. The molecule has 116 valence electrons. The van der Waals surface area contributed by atoms with Gasteiger partial charge in [0.25, 0.3) is 0 Å². The first-order chi connectivity index (χ1) is 10.1. The molecule has 0 aromatic rings. The molecule has 0 bridgehead atoms. The van der Waals surface area contributed by atoms with E-state index in [0.717, 1.165) is 51.4 Å². The van der Waals surface area contributed by atoms with Crippen LogP contribution in [0.25, 0.3) is 0 Å². The Balaban J connectivity index is 1.90. The van der Waals surface area contributed by atoms with E-state index in [0.29, 0.717) is 17.3 Å². The summed E-state index contributed by atoms with van der Waals surface area (Å²) in [6, 6.07) is 0.402. The Hall–Kier alpha value is -1.24. The van der Waals surface area contributed by atoms with E-state index >= 15 is 0 Å². The average molecular weight is 290 g/mol. The van der Waals surface area contributed by atoms with Gasteiger partial charge >= 0.3 is 0 Å². The smallest absolute Gasteiger partial charge is 0.211 e. The Labute approximate surface area is 127 Å². The molecule has 0 spiro atoms. The largest absolute Gasteiger partial charge is 0.235 e. The SMILES string of the molecule is CC(C)(C1CCC(N=C=O)CC1)C1CCC(N=C=O)CC1. The summed E-state index contributed by atoms with van der Waals surface area (Å²) < 4.78 is 0. The minimum atomic E-state index is 0.201. The quantitative estimate of drug-likeness (QED) is 0.584. The third-order valence-electron chi connectivity index (χ3n) is 5.97. The standard InChI is InChI=1S/C17H26N2O2/c1-17(2,13-3-7-15(8-4-13)18-11-20)14-5-9-16(10-6-14)19-12-21/h13-16H,3-10H2,1-2H3. The van der Waals surface area contributed by atoms with Gasteiger partial charge < -0.3 is 0 Å². The van der Waals surface area contributed by atoms with Gasteiger partial charge in [0.1, 0.15) is 0 Å². The lowest BCUT2D eigenvalue weighted by Crippen LogP contribution is -2.38. The fourth-order valence-electron chi connectivity index (χ4n) is 4.38. The number of isocyanates is 2. The van der Waals surface area contributed by atoms with Crippen LogP contribution < -0.4 is 0 Å². The Morgan fingerprint density at radius 2 is 1.05 bits per heavy atom. The normalized spacial score (nSPS) is 33.6. The van der Waals surface area contributed by atoms with E-state index in [1.54, 1.807) is 12.2 Å². The van der Waals surface area contributed by atoms with Crippen molar-refractivity contribution in [3.05, 3.63) is 0 Å². The van der Waals surface area contributed by atoms with Crippen LogP contribution in [-0.4, -0.2) is 24.2 Å². The van der Waals surface area contributed by atoms with E-state index in [1.807, 2.05) is 0 Å². The number of aliphatic imine (C=N–C) groups is 2. The summed E-state index contributed by atoms with van der Waals surface area (Å²) in [6.45, 7) is 4.80. The summed E-state index contributed by atoms with van der Waals surface area (Å²) in [7, 11) is 0. The second-order valence-corrected chi connectivity index (χ2v) is 7.27. The zero-order valence-electron chi connectivity index (χ0n) is 13.2. The van der Waals surface area contributed by atoms with Gasteiger partial charge in [-0.1, -0.05) is 13.8 Å². The fourth-order valence-corrected chi connectivity index (χ4v) is 4.38. The molecule has 2 saturated carbocycles. The second kappa shape index (κ2) is 7.15. The van der Waals surface area contributed by atoms with Crippen molar-refractivity contribution >= 4 is 12.2 Å². The second-order valence-electron chi connectivity index (χ2n) is 7.27. The summed E-state index contributed by atoms with van der Waals surface area (Å²) >= 11 is 0. The number of nitrogens with zero attached hydrogens (tertiary/aromatic N) is 2. The van der Waals surface area contributed by atoms with Crippen molar-refractivity contribution in [2.24, 2.45) is 27.2 Å². The maximum atomic E-state index is 10.4.